The second-order valence-electron chi connectivity index (χ2n) is 4.11. The maximum absolute atomic E-state index is 9.70. The van der Waals surface area contributed by atoms with Crippen LogP contribution in [0.3, 0.4) is 0 Å². The summed E-state index contributed by atoms with van der Waals surface area (Å²) in [5.74, 6) is 0. The molecule has 0 aliphatic carbocycles. The van der Waals surface area contributed by atoms with Gasteiger partial charge in [-0.3, -0.25) is 0 Å². The monoisotopic (exact) mass is 263 g/mol. The van der Waals surface area contributed by atoms with Gasteiger partial charge in [-0.15, -0.1) is 12.4 Å². The number of halogens is 1. The van der Waals surface area contributed by atoms with Crippen molar-refractivity contribution in [1.29, 1.82) is 0 Å². The summed E-state index contributed by atoms with van der Waals surface area (Å²) in [4.78, 5) is 0. The van der Waals surface area contributed by atoms with Crippen molar-refractivity contribution in [3.8, 4) is 0 Å². The Kier molecular flexibility index (Phi) is 3.57. The summed E-state index contributed by atoms with van der Waals surface area (Å²) in [5, 5.41) is 11.9. The highest BCUT2D eigenvalue weighted by molar-refractivity contribution is 6.04. The van der Waals surface area contributed by atoms with Gasteiger partial charge in [-0.05, 0) is 17.7 Å². The minimum absolute atomic E-state index is 0. The number of aliphatic hydroxyl groups excluding tert-OH is 1. The van der Waals surface area contributed by atoms with Gasteiger partial charge in [-0.1, -0.05) is 30.3 Å². The lowest BCUT2D eigenvalue weighted by atomic mass is 10.1. The zero-order valence-electron chi connectivity index (χ0n) is 9.67. The number of nitrogens with two attached hydrogens (primary N) is 1. The molecule has 1 atom stereocenters. The molecule has 3 aromatic rings. The van der Waals surface area contributed by atoms with Crippen LogP contribution < -0.4 is 5.73 Å². The van der Waals surface area contributed by atoms with Crippen LogP contribution in [0.15, 0.2) is 46.9 Å². The van der Waals surface area contributed by atoms with Crippen LogP contribution in [0.2, 0.25) is 0 Å². The summed E-state index contributed by atoms with van der Waals surface area (Å²) >= 11 is 0. The van der Waals surface area contributed by atoms with Crippen LogP contribution in [0, 0.1) is 0 Å². The topological polar surface area (TPSA) is 59.4 Å². The number of hydrogen-bond acceptors (Lipinski definition) is 3. The number of hydrogen-bond donors (Lipinski definition) is 2. The minimum atomic E-state index is -0.632. The number of furan rings is 1. The fourth-order valence-electron chi connectivity index (χ4n) is 2.09. The molecule has 3 N–H and O–H groups in total. The number of fused-ring (bicyclic) bond motifs is 3. The van der Waals surface area contributed by atoms with E-state index < -0.39 is 6.10 Å². The molecule has 0 aliphatic rings. The maximum atomic E-state index is 9.70. The summed E-state index contributed by atoms with van der Waals surface area (Å²) in [6.45, 7) is 0.214. The van der Waals surface area contributed by atoms with E-state index in [4.69, 9.17) is 10.2 Å². The molecule has 0 saturated carbocycles. The molecule has 1 heterocycles. The van der Waals surface area contributed by atoms with E-state index in [1.165, 1.54) is 0 Å². The second-order valence-corrected chi connectivity index (χ2v) is 4.11. The van der Waals surface area contributed by atoms with Crippen molar-refractivity contribution in [2.75, 3.05) is 6.54 Å². The van der Waals surface area contributed by atoms with E-state index in [1.54, 1.807) is 0 Å². The van der Waals surface area contributed by atoms with Crippen LogP contribution in [0.25, 0.3) is 21.9 Å². The van der Waals surface area contributed by atoms with Crippen molar-refractivity contribution in [2.24, 2.45) is 5.73 Å². The lowest BCUT2D eigenvalue weighted by Crippen LogP contribution is -2.11. The van der Waals surface area contributed by atoms with Crippen molar-refractivity contribution in [3.63, 3.8) is 0 Å². The van der Waals surface area contributed by atoms with Crippen LogP contribution in [0.1, 0.15) is 11.7 Å². The molecule has 18 heavy (non-hydrogen) atoms. The van der Waals surface area contributed by atoms with Gasteiger partial charge < -0.3 is 15.3 Å². The zero-order valence-corrected chi connectivity index (χ0v) is 10.5. The van der Waals surface area contributed by atoms with Crippen LogP contribution >= 0.6 is 12.4 Å². The third-order valence-electron chi connectivity index (χ3n) is 3.01. The summed E-state index contributed by atoms with van der Waals surface area (Å²) in [6, 6.07) is 13.6. The van der Waals surface area contributed by atoms with E-state index in [9.17, 15) is 5.11 Å². The first kappa shape index (κ1) is 12.9. The first-order valence-electron chi connectivity index (χ1n) is 5.59. The molecule has 2 aromatic carbocycles. The quantitative estimate of drug-likeness (QED) is 0.747. The molecule has 1 unspecified atom stereocenters. The molecule has 0 radical (unpaired) electrons. The Bertz CT molecular complexity index is 678. The van der Waals surface area contributed by atoms with Crippen molar-refractivity contribution < 1.29 is 9.52 Å². The molecule has 4 heteroatoms. The fourth-order valence-corrected chi connectivity index (χ4v) is 2.09. The molecule has 1 aromatic heterocycles. The van der Waals surface area contributed by atoms with Crippen LogP contribution in [0.5, 0.6) is 0 Å². The molecule has 0 aliphatic heterocycles. The number of rotatable bonds is 2. The minimum Gasteiger partial charge on any atom is -0.456 e. The highest BCUT2D eigenvalue weighted by Crippen LogP contribution is 2.30. The molecule has 3 nitrogen and oxygen atoms in total. The van der Waals surface area contributed by atoms with Crippen LogP contribution in [-0.4, -0.2) is 11.7 Å². The molecule has 0 fully saturated rings. The number of para-hydroxylation sites is 1. The predicted octanol–water partition coefficient (Wildman–Crippen LogP) is 3.00. The Balaban J connectivity index is 0.00000120. The van der Waals surface area contributed by atoms with Crippen LogP contribution in [0.4, 0.5) is 0 Å². The molecule has 0 bridgehead atoms. The SMILES string of the molecule is Cl.NCC(O)c1ccc2c(c1)oc1ccccc12. The van der Waals surface area contributed by atoms with Gasteiger partial charge in [0.1, 0.15) is 11.2 Å². The van der Waals surface area contributed by atoms with Gasteiger partial charge in [-0.25, -0.2) is 0 Å². The average molecular weight is 264 g/mol. The van der Waals surface area contributed by atoms with E-state index >= 15 is 0 Å². The fraction of sp³-hybridized carbons (Fsp3) is 0.143. The molecule has 0 spiro atoms. The van der Waals surface area contributed by atoms with E-state index in [0.29, 0.717) is 0 Å². The van der Waals surface area contributed by atoms with Gasteiger partial charge in [0.25, 0.3) is 0 Å². The Morgan fingerprint density at radius 3 is 2.56 bits per heavy atom. The lowest BCUT2D eigenvalue weighted by molar-refractivity contribution is 0.187. The Morgan fingerprint density at radius 1 is 1.06 bits per heavy atom. The van der Waals surface area contributed by atoms with E-state index in [2.05, 4.69) is 0 Å². The summed E-state index contributed by atoms with van der Waals surface area (Å²) in [7, 11) is 0. The third-order valence-corrected chi connectivity index (χ3v) is 3.01. The molecular formula is C14H14ClNO2. The van der Waals surface area contributed by atoms with Gasteiger partial charge in [0.2, 0.25) is 0 Å². The molecular weight excluding hydrogens is 250 g/mol. The Morgan fingerprint density at radius 2 is 1.78 bits per heavy atom. The van der Waals surface area contributed by atoms with Crippen molar-refractivity contribution in [3.05, 3.63) is 48.0 Å². The van der Waals surface area contributed by atoms with Gasteiger partial charge in [0, 0.05) is 17.3 Å². The predicted molar refractivity (Wildman–Crippen MR) is 75.0 cm³/mol. The van der Waals surface area contributed by atoms with Crippen molar-refractivity contribution in [2.45, 2.75) is 6.10 Å². The smallest absolute Gasteiger partial charge is 0.135 e. The summed E-state index contributed by atoms with van der Waals surface area (Å²) in [5.41, 5.74) is 7.88. The third kappa shape index (κ3) is 1.97. The first-order valence-corrected chi connectivity index (χ1v) is 5.59. The van der Waals surface area contributed by atoms with Crippen molar-refractivity contribution >= 4 is 34.3 Å². The van der Waals surface area contributed by atoms with E-state index in [0.717, 1.165) is 27.5 Å². The highest BCUT2D eigenvalue weighted by Gasteiger charge is 2.10. The van der Waals surface area contributed by atoms with E-state index in [-0.39, 0.29) is 19.0 Å². The molecule has 3 rings (SSSR count). The average Bonchev–Trinajstić information content (AvgIpc) is 2.75. The summed E-state index contributed by atoms with van der Waals surface area (Å²) in [6.07, 6.45) is -0.632. The molecule has 0 saturated heterocycles. The van der Waals surface area contributed by atoms with Gasteiger partial charge >= 0.3 is 0 Å². The standard InChI is InChI=1S/C14H13NO2.ClH/c15-8-12(16)9-5-6-11-10-3-1-2-4-13(10)17-14(11)7-9;/h1-7,12,16H,8,15H2;1H. The van der Waals surface area contributed by atoms with Crippen LogP contribution in [-0.2, 0) is 0 Å². The normalized spacial score (nSPS) is 12.6. The molecule has 0 amide bonds. The molecule has 94 valence electrons. The Labute approximate surface area is 111 Å². The first-order chi connectivity index (χ1) is 8.29. The van der Waals surface area contributed by atoms with Crippen molar-refractivity contribution in [1.82, 2.24) is 0 Å². The Hall–Kier alpha value is -1.55. The highest BCUT2D eigenvalue weighted by atomic mass is 35.5. The second kappa shape index (κ2) is 4.98. The zero-order chi connectivity index (χ0) is 11.8. The number of aliphatic hydroxyl groups is 1. The largest absolute Gasteiger partial charge is 0.456 e. The lowest BCUT2D eigenvalue weighted by Gasteiger charge is -2.06. The maximum Gasteiger partial charge on any atom is 0.135 e. The van der Waals surface area contributed by atoms with E-state index in [1.807, 2.05) is 42.5 Å². The van der Waals surface area contributed by atoms with Gasteiger partial charge in [0.05, 0.1) is 6.10 Å². The summed E-state index contributed by atoms with van der Waals surface area (Å²) < 4.78 is 5.74. The van der Waals surface area contributed by atoms with Gasteiger partial charge in [-0.2, -0.15) is 0 Å². The van der Waals surface area contributed by atoms with Gasteiger partial charge in [0.15, 0.2) is 0 Å². The number of benzene rings is 2.